The average molecular weight is 634 g/mol. The van der Waals surface area contributed by atoms with E-state index in [0.717, 1.165) is 55.7 Å². The number of hydrogen-bond acceptors (Lipinski definition) is 8. The van der Waals surface area contributed by atoms with Crippen molar-refractivity contribution in [1.29, 1.82) is 0 Å². The van der Waals surface area contributed by atoms with Gasteiger partial charge in [0.1, 0.15) is 6.04 Å². The van der Waals surface area contributed by atoms with Crippen LogP contribution in [0.3, 0.4) is 0 Å². The van der Waals surface area contributed by atoms with Crippen molar-refractivity contribution in [3.05, 3.63) is 70.9 Å². The van der Waals surface area contributed by atoms with Crippen molar-refractivity contribution < 1.29 is 9.59 Å². The molecule has 1 saturated carbocycles. The van der Waals surface area contributed by atoms with Crippen molar-refractivity contribution in [3.63, 3.8) is 0 Å². The number of hydrogen-bond donors (Lipinski definition) is 5. The number of amides is 2. The van der Waals surface area contributed by atoms with Gasteiger partial charge in [-0.3, -0.25) is 14.5 Å². The van der Waals surface area contributed by atoms with E-state index in [1.54, 1.807) is 23.1 Å². The summed E-state index contributed by atoms with van der Waals surface area (Å²) in [6, 6.07) is 12.1. The van der Waals surface area contributed by atoms with Crippen molar-refractivity contribution in [2.75, 3.05) is 42.5 Å². The highest BCUT2D eigenvalue weighted by Gasteiger charge is 2.36. The van der Waals surface area contributed by atoms with Crippen molar-refractivity contribution in [1.82, 2.24) is 25.3 Å². The molecule has 3 heterocycles. The van der Waals surface area contributed by atoms with Gasteiger partial charge in [0.2, 0.25) is 17.8 Å². The standard InChI is InChI=1S/C32H39N9O3.ClH/c33-17-20-4-6-22(7-5-20)30(43)41(25-8-9-26-27(16-25)39-32(44)38-26)28(29(34)42)15-21-2-1-3-23(14-21)24-18-36-31(37-19-24)40-12-10-35-11-13-40;/h1-3,8-9,14,16,18-20,22,28,35H,4-7,10-13,15,17,33H2,(H2,34,42)(H2,38,39,44);1H/t20?,22?,28-;/m0./s1. The van der Waals surface area contributed by atoms with Crippen molar-refractivity contribution in [3.8, 4) is 11.1 Å². The smallest absolute Gasteiger partial charge is 0.323 e. The van der Waals surface area contributed by atoms with Crippen molar-refractivity contribution in [2.24, 2.45) is 23.3 Å². The molecule has 0 bridgehead atoms. The number of halogens is 1. The van der Waals surface area contributed by atoms with Gasteiger partial charge in [-0.05, 0) is 67.5 Å². The molecule has 2 aliphatic rings. The summed E-state index contributed by atoms with van der Waals surface area (Å²) in [4.78, 5) is 57.7. The molecule has 2 amide bonds. The van der Waals surface area contributed by atoms with Gasteiger partial charge in [0, 0.05) is 62.2 Å². The Morgan fingerprint density at radius 1 is 0.956 bits per heavy atom. The molecule has 0 spiro atoms. The molecule has 0 unspecified atom stereocenters. The van der Waals surface area contributed by atoms with Gasteiger partial charge in [-0.25, -0.2) is 14.8 Å². The number of nitrogens with two attached hydrogens (primary N) is 2. The van der Waals surface area contributed by atoms with E-state index in [1.165, 1.54) is 0 Å². The summed E-state index contributed by atoms with van der Waals surface area (Å²) in [5, 5.41) is 3.33. The molecule has 45 heavy (non-hydrogen) atoms. The second kappa shape index (κ2) is 14.2. The zero-order chi connectivity index (χ0) is 30.6. The first-order chi connectivity index (χ1) is 21.4. The van der Waals surface area contributed by atoms with Crippen LogP contribution < -0.4 is 32.3 Å². The topological polar surface area (TPSA) is 179 Å². The van der Waals surface area contributed by atoms with E-state index >= 15 is 0 Å². The Hall–Kier alpha value is -4.26. The van der Waals surface area contributed by atoms with Crippen molar-refractivity contribution in [2.45, 2.75) is 38.1 Å². The van der Waals surface area contributed by atoms with Gasteiger partial charge in [-0.15, -0.1) is 12.4 Å². The SMILES string of the molecule is Cl.NCC1CCC(C(=O)N(c2ccc3[nH]c(=O)[nH]c3c2)[C@@H](Cc2cccc(-c3cnc(N4CCNCC4)nc3)c2)C(N)=O)CC1. The summed E-state index contributed by atoms with van der Waals surface area (Å²) in [7, 11) is 0. The number of aromatic nitrogens is 4. The lowest BCUT2D eigenvalue weighted by atomic mass is 9.81. The Labute approximate surface area is 267 Å². The summed E-state index contributed by atoms with van der Waals surface area (Å²) in [5.74, 6) is 0.104. The van der Waals surface area contributed by atoms with E-state index in [9.17, 15) is 14.4 Å². The number of H-pyrrole nitrogens is 2. The van der Waals surface area contributed by atoms with E-state index in [4.69, 9.17) is 11.5 Å². The zero-order valence-corrected chi connectivity index (χ0v) is 25.9. The number of carbonyl (C=O) groups is 2. The van der Waals surface area contributed by atoms with Crippen LogP contribution in [0.2, 0.25) is 0 Å². The lowest BCUT2D eigenvalue weighted by Crippen LogP contribution is -2.52. The molecule has 12 nitrogen and oxygen atoms in total. The molecule has 1 atom stereocenters. The molecule has 1 aliphatic heterocycles. The molecule has 238 valence electrons. The third kappa shape index (κ3) is 7.19. The fraction of sp³-hybridized carbons (Fsp3) is 0.406. The summed E-state index contributed by atoms with van der Waals surface area (Å²) in [6.45, 7) is 4.13. The number of benzene rings is 2. The number of anilines is 2. The van der Waals surface area contributed by atoms with Crippen molar-refractivity contribution >= 4 is 46.9 Å². The van der Waals surface area contributed by atoms with Crippen LogP contribution in [-0.2, 0) is 16.0 Å². The maximum Gasteiger partial charge on any atom is 0.323 e. The molecule has 1 saturated heterocycles. The second-order valence-corrected chi connectivity index (χ2v) is 11.8. The van der Waals surface area contributed by atoms with Crippen LogP contribution in [0.5, 0.6) is 0 Å². The van der Waals surface area contributed by atoms with Gasteiger partial charge < -0.3 is 31.7 Å². The minimum Gasteiger partial charge on any atom is -0.368 e. The first kappa shape index (κ1) is 32.1. The van der Waals surface area contributed by atoms with Gasteiger partial charge in [-0.1, -0.05) is 24.3 Å². The third-order valence-electron chi connectivity index (χ3n) is 8.91. The number of aromatic amines is 2. The van der Waals surface area contributed by atoms with Crippen LogP contribution in [-0.4, -0.2) is 70.5 Å². The fourth-order valence-corrected chi connectivity index (χ4v) is 6.39. The molecule has 6 rings (SSSR count). The van der Waals surface area contributed by atoms with Crippen LogP contribution >= 0.6 is 12.4 Å². The van der Waals surface area contributed by atoms with E-state index in [-0.39, 0.29) is 36.3 Å². The number of nitrogens with zero attached hydrogens (tertiary/aromatic N) is 4. The Balaban J connectivity index is 0.00000400. The minimum absolute atomic E-state index is 0. The zero-order valence-electron chi connectivity index (χ0n) is 25.1. The Morgan fingerprint density at radius 3 is 2.36 bits per heavy atom. The monoisotopic (exact) mass is 633 g/mol. The Morgan fingerprint density at radius 2 is 1.67 bits per heavy atom. The quantitative estimate of drug-likeness (QED) is 0.186. The highest BCUT2D eigenvalue weighted by Crippen LogP contribution is 2.33. The predicted molar refractivity (Wildman–Crippen MR) is 177 cm³/mol. The summed E-state index contributed by atoms with van der Waals surface area (Å²) < 4.78 is 0. The summed E-state index contributed by atoms with van der Waals surface area (Å²) in [6.07, 6.45) is 6.98. The largest absolute Gasteiger partial charge is 0.368 e. The highest BCUT2D eigenvalue weighted by atomic mass is 35.5. The molecule has 2 fully saturated rings. The number of carbonyl (C=O) groups excluding carboxylic acids is 2. The Kier molecular flexibility index (Phi) is 10.2. The van der Waals surface area contributed by atoms with Crippen LogP contribution in [0, 0.1) is 11.8 Å². The maximum absolute atomic E-state index is 14.2. The summed E-state index contributed by atoms with van der Waals surface area (Å²) in [5.41, 5.74) is 15.9. The van der Waals surface area contributed by atoms with Crippen LogP contribution in [0.1, 0.15) is 31.2 Å². The normalized spacial score (nSPS) is 19.1. The molecule has 2 aromatic heterocycles. The molecule has 0 radical (unpaired) electrons. The van der Waals surface area contributed by atoms with Crippen LogP contribution in [0.15, 0.2) is 59.7 Å². The van der Waals surface area contributed by atoms with Crippen LogP contribution in [0.25, 0.3) is 22.2 Å². The Bertz CT molecular complexity index is 1680. The molecule has 7 N–H and O–H groups in total. The average Bonchev–Trinajstić information content (AvgIpc) is 3.44. The van der Waals surface area contributed by atoms with Crippen LogP contribution in [0.4, 0.5) is 11.6 Å². The van der Waals surface area contributed by atoms with Gasteiger partial charge in [-0.2, -0.15) is 0 Å². The molecular formula is C32H40ClN9O3. The minimum atomic E-state index is -0.945. The first-order valence-corrected chi connectivity index (χ1v) is 15.3. The molecular weight excluding hydrogens is 594 g/mol. The second-order valence-electron chi connectivity index (χ2n) is 11.8. The lowest BCUT2D eigenvalue weighted by molar-refractivity contribution is -0.127. The number of nitrogens with one attached hydrogen (secondary N) is 3. The number of fused-ring (bicyclic) bond motifs is 1. The lowest BCUT2D eigenvalue weighted by Gasteiger charge is -2.35. The van der Waals surface area contributed by atoms with E-state index in [2.05, 4.69) is 30.2 Å². The fourth-order valence-electron chi connectivity index (χ4n) is 6.39. The van der Waals surface area contributed by atoms with Gasteiger partial charge >= 0.3 is 5.69 Å². The molecule has 1 aliphatic carbocycles. The van der Waals surface area contributed by atoms with E-state index in [1.807, 2.05) is 36.7 Å². The van der Waals surface area contributed by atoms with E-state index in [0.29, 0.717) is 48.0 Å². The number of piperazine rings is 1. The number of rotatable bonds is 9. The predicted octanol–water partition coefficient (Wildman–Crippen LogP) is 2.34. The first-order valence-electron chi connectivity index (χ1n) is 15.3. The number of primary amides is 1. The summed E-state index contributed by atoms with van der Waals surface area (Å²) >= 11 is 0. The van der Waals surface area contributed by atoms with Gasteiger partial charge in [0.15, 0.2) is 0 Å². The van der Waals surface area contributed by atoms with Gasteiger partial charge in [0.05, 0.1) is 11.0 Å². The van der Waals surface area contributed by atoms with E-state index < -0.39 is 11.9 Å². The third-order valence-corrected chi connectivity index (χ3v) is 8.91. The maximum atomic E-state index is 14.2. The molecule has 2 aromatic carbocycles. The number of imidazole rings is 1. The molecule has 13 heteroatoms. The molecule has 4 aromatic rings. The van der Waals surface area contributed by atoms with Gasteiger partial charge in [0.25, 0.3) is 0 Å². The highest BCUT2D eigenvalue weighted by molar-refractivity contribution is 6.02.